The van der Waals surface area contributed by atoms with Gasteiger partial charge in [-0.1, -0.05) is 30.7 Å². The van der Waals surface area contributed by atoms with E-state index >= 15 is 0 Å². The second-order valence-electron chi connectivity index (χ2n) is 5.21. The average Bonchev–Trinajstić information content (AvgIpc) is 2.85. The van der Waals surface area contributed by atoms with Crippen LogP contribution in [0.1, 0.15) is 46.5 Å². The van der Waals surface area contributed by atoms with Gasteiger partial charge in [0.1, 0.15) is 0 Å². The molecule has 0 saturated heterocycles. The van der Waals surface area contributed by atoms with Crippen molar-refractivity contribution >= 4 is 11.3 Å². The van der Waals surface area contributed by atoms with Crippen LogP contribution in [-0.2, 0) is 0 Å². The van der Waals surface area contributed by atoms with E-state index in [9.17, 15) is 0 Å². The Labute approximate surface area is 120 Å². The third kappa shape index (κ3) is 3.26. The minimum absolute atomic E-state index is 0.334. The summed E-state index contributed by atoms with van der Waals surface area (Å²) in [5.74, 6) is 0. The maximum absolute atomic E-state index is 3.70. The van der Waals surface area contributed by atoms with Crippen molar-refractivity contribution in [3.63, 3.8) is 0 Å². The normalized spacial score (nSPS) is 12.6. The third-order valence-electron chi connectivity index (χ3n) is 3.45. The number of aryl methyl sites for hydroxylation is 3. The van der Waals surface area contributed by atoms with Gasteiger partial charge >= 0.3 is 0 Å². The topological polar surface area (TPSA) is 12.0 Å². The highest BCUT2D eigenvalue weighted by Crippen LogP contribution is 2.31. The highest BCUT2D eigenvalue weighted by Gasteiger charge is 2.18. The standard InChI is InChI=1S/C17H23NS/c1-5-8-18-17(15-7-6-9-19-15)16-13(3)10-12(2)11-14(16)4/h6-7,9-11,17-18H,5,8H2,1-4H3. The van der Waals surface area contributed by atoms with Gasteiger partial charge in [-0.25, -0.2) is 0 Å². The summed E-state index contributed by atoms with van der Waals surface area (Å²) in [5, 5.41) is 5.86. The second-order valence-corrected chi connectivity index (χ2v) is 6.19. The second kappa shape index (κ2) is 6.36. The fourth-order valence-corrected chi connectivity index (χ4v) is 3.54. The maximum Gasteiger partial charge on any atom is 0.0676 e. The molecule has 0 amide bonds. The van der Waals surface area contributed by atoms with Crippen LogP contribution in [0.5, 0.6) is 0 Å². The molecule has 1 aromatic heterocycles. The Morgan fingerprint density at radius 3 is 2.37 bits per heavy atom. The van der Waals surface area contributed by atoms with E-state index in [0.29, 0.717) is 6.04 Å². The Balaban J connectivity index is 2.44. The fraction of sp³-hybridized carbons (Fsp3) is 0.412. The molecule has 19 heavy (non-hydrogen) atoms. The largest absolute Gasteiger partial charge is 0.306 e. The Hall–Kier alpha value is -1.12. The summed E-state index contributed by atoms with van der Waals surface area (Å²) in [7, 11) is 0. The molecule has 0 aliphatic heterocycles. The Bertz CT molecular complexity index is 505. The van der Waals surface area contributed by atoms with Gasteiger partial charge in [0.2, 0.25) is 0 Å². The molecular weight excluding hydrogens is 250 g/mol. The molecule has 0 bridgehead atoms. The van der Waals surface area contributed by atoms with Crippen molar-refractivity contribution in [1.82, 2.24) is 5.32 Å². The van der Waals surface area contributed by atoms with Crippen LogP contribution in [0.4, 0.5) is 0 Å². The number of hydrogen-bond acceptors (Lipinski definition) is 2. The summed E-state index contributed by atoms with van der Waals surface area (Å²) in [6.07, 6.45) is 1.16. The van der Waals surface area contributed by atoms with Gasteiger partial charge in [-0.2, -0.15) is 0 Å². The molecule has 0 spiro atoms. The molecule has 0 aliphatic rings. The summed E-state index contributed by atoms with van der Waals surface area (Å²) >= 11 is 1.84. The monoisotopic (exact) mass is 273 g/mol. The molecule has 1 unspecified atom stereocenters. The van der Waals surface area contributed by atoms with Gasteiger partial charge in [-0.05, 0) is 61.9 Å². The van der Waals surface area contributed by atoms with E-state index in [1.165, 1.54) is 27.1 Å². The molecule has 2 aromatic rings. The van der Waals surface area contributed by atoms with Crippen LogP contribution in [0.15, 0.2) is 29.6 Å². The number of nitrogens with one attached hydrogen (secondary N) is 1. The predicted molar refractivity (Wildman–Crippen MR) is 85.1 cm³/mol. The van der Waals surface area contributed by atoms with Gasteiger partial charge in [0.25, 0.3) is 0 Å². The molecule has 2 rings (SSSR count). The first kappa shape index (κ1) is 14.3. The van der Waals surface area contributed by atoms with Gasteiger partial charge in [0, 0.05) is 4.88 Å². The molecule has 1 nitrogen and oxygen atoms in total. The first-order chi connectivity index (χ1) is 9.13. The lowest BCUT2D eigenvalue weighted by atomic mass is 9.93. The Kier molecular flexibility index (Phi) is 4.78. The minimum Gasteiger partial charge on any atom is -0.306 e. The Morgan fingerprint density at radius 2 is 1.84 bits per heavy atom. The molecule has 0 radical (unpaired) electrons. The summed E-state index contributed by atoms with van der Waals surface area (Å²) < 4.78 is 0. The van der Waals surface area contributed by atoms with Crippen LogP contribution >= 0.6 is 11.3 Å². The van der Waals surface area contributed by atoms with Crippen LogP contribution in [-0.4, -0.2) is 6.54 Å². The van der Waals surface area contributed by atoms with Crippen molar-refractivity contribution in [2.24, 2.45) is 0 Å². The van der Waals surface area contributed by atoms with Crippen LogP contribution in [0.2, 0.25) is 0 Å². The summed E-state index contributed by atoms with van der Waals surface area (Å²) in [5.41, 5.74) is 5.57. The van der Waals surface area contributed by atoms with E-state index < -0.39 is 0 Å². The number of hydrogen-bond donors (Lipinski definition) is 1. The van der Waals surface area contributed by atoms with E-state index in [2.05, 4.69) is 62.7 Å². The smallest absolute Gasteiger partial charge is 0.0676 e. The van der Waals surface area contributed by atoms with Gasteiger partial charge in [-0.15, -0.1) is 11.3 Å². The van der Waals surface area contributed by atoms with Crippen LogP contribution in [0.3, 0.4) is 0 Å². The lowest BCUT2D eigenvalue weighted by Crippen LogP contribution is -2.24. The molecule has 0 aliphatic carbocycles. The molecule has 1 atom stereocenters. The first-order valence-electron chi connectivity index (χ1n) is 6.98. The molecule has 102 valence electrons. The molecular formula is C17H23NS. The molecule has 0 fully saturated rings. The van der Waals surface area contributed by atoms with Crippen molar-refractivity contribution in [1.29, 1.82) is 0 Å². The predicted octanol–water partition coefficient (Wildman–Crippen LogP) is 4.76. The summed E-state index contributed by atoms with van der Waals surface area (Å²) in [6, 6.07) is 9.28. The van der Waals surface area contributed by atoms with Crippen LogP contribution < -0.4 is 5.32 Å². The zero-order valence-electron chi connectivity index (χ0n) is 12.3. The number of benzene rings is 1. The van der Waals surface area contributed by atoms with E-state index in [4.69, 9.17) is 0 Å². The lowest BCUT2D eigenvalue weighted by molar-refractivity contribution is 0.601. The summed E-state index contributed by atoms with van der Waals surface area (Å²) in [4.78, 5) is 1.41. The van der Waals surface area contributed by atoms with Crippen molar-refractivity contribution in [2.45, 2.75) is 40.2 Å². The van der Waals surface area contributed by atoms with Gasteiger partial charge < -0.3 is 5.32 Å². The first-order valence-corrected chi connectivity index (χ1v) is 7.86. The fourth-order valence-electron chi connectivity index (χ4n) is 2.74. The van der Waals surface area contributed by atoms with Crippen LogP contribution in [0, 0.1) is 20.8 Å². The Morgan fingerprint density at radius 1 is 1.16 bits per heavy atom. The number of rotatable bonds is 5. The molecule has 1 aromatic carbocycles. The summed E-state index contributed by atoms with van der Waals surface area (Å²) in [6.45, 7) is 9.89. The molecule has 1 heterocycles. The molecule has 1 N–H and O–H groups in total. The molecule has 2 heteroatoms. The maximum atomic E-state index is 3.70. The average molecular weight is 273 g/mol. The quantitative estimate of drug-likeness (QED) is 0.828. The lowest BCUT2D eigenvalue weighted by Gasteiger charge is -2.22. The number of thiophene rings is 1. The highest BCUT2D eigenvalue weighted by atomic mass is 32.1. The van der Waals surface area contributed by atoms with Crippen LogP contribution in [0.25, 0.3) is 0 Å². The van der Waals surface area contributed by atoms with Crippen molar-refractivity contribution in [3.05, 3.63) is 56.8 Å². The zero-order chi connectivity index (χ0) is 13.8. The van der Waals surface area contributed by atoms with Crippen molar-refractivity contribution < 1.29 is 0 Å². The van der Waals surface area contributed by atoms with E-state index in [0.717, 1.165) is 13.0 Å². The SMILES string of the molecule is CCCNC(c1cccs1)c1c(C)cc(C)cc1C. The third-order valence-corrected chi connectivity index (χ3v) is 4.39. The van der Waals surface area contributed by atoms with Crippen molar-refractivity contribution in [3.8, 4) is 0 Å². The van der Waals surface area contributed by atoms with E-state index in [1.54, 1.807) is 0 Å². The highest BCUT2D eigenvalue weighted by molar-refractivity contribution is 7.10. The van der Waals surface area contributed by atoms with Crippen molar-refractivity contribution in [2.75, 3.05) is 6.54 Å². The van der Waals surface area contributed by atoms with E-state index in [-0.39, 0.29) is 0 Å². The van der Waals surface area contributed by atoms with Gasteiger partial charge in [0.05, 0.1) is 6.04 Å². The zero-order valence-corrected chi connectivity index (χ0v) is 13.1. The molecule has 0 saturated carbocycles. The van der Waals surface area contributed by atoms with Gasteiger partial charge in [0.15, 0.2) is 0 Å². The van der Waals surface area contributed by atoms with Gasteiger partial charge in [-0.3, -0.25) is 0 Å². The minimum atomic E-state index is 0.334. The van der Waals surface area contributed by atoms with E-state index in [1.807, 2.05) is 11.3 Å².